The molecular weight excluding hydrogens is 334 g/mol. The fraction of sp³-hybridized carbons (Fsp3) is 0.100. The van der Waals surface area contributed by atoms with Crippen LogP contribution < -0.4 is 0 Å². The molecule has 0 aliphatic rings. The second-order valence-electron chi connectivity index (χ2n) is 5.79. The van der Waals surface area contributed by atoms with E-state index >= 15 is 0 Å². The predicted octanol–water partition coefficient (Wildman–Crippen LogP) is 4.29. The van der Waals surface area contributed by atoms with Crippen LogP contribution in [0.25, 0.3) is 23.0 Å². The maximum atomic E-state index is 11.9. The number of hydrogen-bond acceptors (Lipinski definition) is 2. The number of carbonyl (C=O) groups is 1. The van der Waals surface area contributed by atoms with Gasteiger partial charge in [-0.1, -0.05) is 41.9 Å². The molecule has 3 aromatic rings. The van der Waals surface area contributed by atoms with E-state index in [1.807, 2.05) is 65.5 Å². The topological polar surface area (TPSA) is 38.1 Å². The van der Waals surface area contributed by atoms with Crippen LogP contribution in [0.3, 0.4) is 0 Å². The molecule has 25 heavy (non-hydrogen) atoms. The summed E-state index contributed by atoms with van der Waals surface area (Å²) in [7, 11) is 3.44. The zero-order chi connectivity index (χ0) is 17.8. The van der Waals surface area contributed by atoms with Crippen molar-refractivity contribution in [2.75, 3.05) is 14.1 Å². The lowest BCUT2D eigenvalue weighted by Crippen LogP contribution is -2.18. The average Bonchev–Trinajstić information content (AvgIpc) is 3.05. The molecule has 0 N–H and O–H groups in total. The lowest BCUT2D eigenvalue weighted by Gasteiger charge is -2.05. The number of hydrogen-bond donors (Lipinski definition) is 0. The fourth-order valence-electron chi connectivity index (χ4n) is 2.36. The van der Waals surface area contributed by atoms with Gasteiger partial charge in [-0.15, -0.1) is 0 Å². The van der Waals surface area contributed by atoms with Gasteiger partial charge in [0.05, 0.1) is 11.4 Å². The van der Waals surface area contributed by atoms with Gasteiger partial charge in [0.1, 0.15) is 0 Å². The SMILES string of the molecule is CN(C)C(=O)C=Cc1cn(-c2ccccc2)nc1-c1ccc(Cl)cc1. The van der Waals surface area contributed by atoms with Crippen LogP contribution in [-0.2, 0) is 4.79 Å². The maximum Gasteiger partial charge on any atom is 0.246 e. The zero-order valence-corrected chi connectivity index (χ0v) is 14.8. The summed E-state index contributed by atoms with van der Waals surface area (Å²) < 4.78 is 1.81. The summed E-state index contributed by atoms with van der Waals surface area (Å²) in [5, 5.41) is 5.37. The molecule has 1 amide bonds. The van der Waals surface area contributed by atoms with Gasteiger partial charge in [-0.2, -0.15) is 5.10 Å². The van der Waals surface area contributed by atoms with E-state index < -0.39 is 0 Å². The second kappa shape index (κ2) is 7.36. The van der Waals surface area contributed by atoms with Crippen LogP contribution in [-0.4, -0.2) is 34.7 Å². The molecule has 5 heteroatoms. The number of halogens is 1. The lowest BCUT2D eigenvalue weighted by atomic mass is 10.1. The van der Waals surface area contributed by atoms with Crippen LogP contribution in [0, 0.1) is 0 Å². The summed E-state index contributed by atoms with van der Waals surface area (Å²) in [5.41, 5.74) is 3.55. The standard InChI is InChI=1S/C20H18ClN3O/c1-23(2)19(25)13-10-16-14-24(18-6-4-3-5-7-18)22-20(16)15-8-11-17(21)12-9-15/h3-14H,1-2H3. The number of carbonyl (C=O) groups excluding carboxylic acids is 1. The third-order valence-electron chi connectivity index (χ3n) is 3.73. The Hall–Kier alpha value is -2.85. The first-order chi connectivity index (χ1) is 12.0. The fourth-order valence-corrected chi connectivity index (χ4v) is 2.49. The predicted molar refractivity (Wildman–Crippen MR) is 102 cm³/mol. The van der Waals surface area contributed by atoms with Crippen molar-refractivity contribution in [2.24, 2.45) is 0 Å². The highest BCUT2D eigenvalue weighted by molar-refractivity contribution is 6.30. The number of aromatic nitrogens is 2. The molecule has 0 saturated heterocycles. The van der Waals surface area contributed by atoms with Crippen molar-refractivity contribution in [3.8, 4) is 16.9 Å². The molecule has 0 atom stereocenters. The Morgan fingerprint density at radius 1 is 1.08 bits per heavy atom. The quantitative estimate of drug-likeness (QED) is 0.657. The zero-order valence-electron chi connectivity index (χ0n) is 14.1. The van der Waals surface area contributed by atoms with Crippen LogP contribution in [0.2, 0.25) is 5.02 Å². The second-order valence-corrected chi connectivity index (χ2v) is 6.22. The van der Waals surface area contributed by atoms with Crippen molar-refractivity contribution in [1.82, 2.24) is 14.7 Å². The molecule has 0 aliphatic carbocycles. The summed E-state index contributed by atoms with van der Waals surface area (Å²) in [6, 6.07) is 17.4. The smallest absolute Gasteiger partial charge is 0.246 e. The first kappa shape index (κ1) is 17.0. The number of amides is 1. The number of nitrogens with zero attached hydrogens (tertiary/aromatic N) is 3. The lowest BCUT2D eigenvalue weighted by molar-refractivity contribution is -0.123. The van der Waals surface area contributed by atoms with Gasteiger partial charge in [0.15, 0.2) is 0 Å². The van der Waals surface area contributed by atoms with Crippen LogP contribution in [0.1, 0.15) is 5.56 Å². The Bertz CT molecular complexity index is 896. The molecule has 0 spiro atoms. The highest BCUT2D eigenvalue weighted by atomic mass is 35.5. The molecule has 0 saturated carbocycles. The Kier molecular flexibility index (Phi) is 5.00. The Morgan fingerprint density at radius 2 is 1.76 bits per heavy atom. The molecule has 3 rings (SSSR count). The van der Waals surface area contributed by atoms with E-state index in [9.17, 15) is 4.79 Å². The van der Waals surface area contributed by atoms with Gasteiger partial charge in [-0.25, -0.2) is 4.68 Å². The minimum atomic E-state index is -0.0745. The monoisotopic (exact) mass is 351 g/mol. The molecular formula is C20H18ClN3O. The summed E-state index contributed by atoms with van der Waals surface area (Å²) >= 11 is 5.99. The van der Waals surface area contributed by atoms with Gasteiger partial charge >= 0.3 is 0 Å². The van der Waals surface area contributed by atoms with E-state index in [1.165, 1.54) is 4.90 Å². The van der Waals surface area contributed by atoms with E-state index in [0.29, 0.717) is 5.02 Å². The third-order valence-corrected chi connectivity index (χ3v) is 3.98. The van der Waals surface area contributed by atoms with Gasteiger partial charge in [0.25, 0.3) is 0 Å². The third kappa shape index (κ3) is 3.98. The average molecular weight is 352 g/mol. The van der Waals surface area contributed by atoms with Crippen molar-refractivity contribution in [2.45, 2.75) is 0 Å². The highest BCUT2D eigenvalue weighted by Gasteiger charge is 2.11. The van der Waals surface area contributed by atoms with Crippen LogP contribution in [0.15, 0.2) is 66.9 Å². The Morgan fingerprint density at radius 3 is 2.40 bits per heavy atom. The highest BCUT2D eigenvalue weighted by Crippen LogP contribution is 2.26. The van der Waals surface area contributed by atoms with Gasteiger partial charge in [-0.3, -0.25) is 4.79 Å². The molecule has 0 bridgehead atoms. The largest absolute Gasteiger partial charge is 0.345 e. The number of para-hydroxylation sites is 1. The van der Waals surface area contributed by atoms with E-state index in [-0.39, 0.29) is 5.91 Å². The van der Waals surface area contributed by atoms with E-state index in [0.717, 1.165) is 22.5 Å². The summed E-state index contributed by atoms with van der Waals surface area (Å²) in [6.45, 7) is 0. The van der Waals surface area contributed by atoms with Crippen molar-refractivity contribution in [3.63, 3.8) is 0 Å². The molecule has 126 valence electrons. The summed E-state index contributed by atoms with van der Waals surface area (Å²) in [4.78, 5) is 13.4. The van der Waals surface area contributed by atoms with Crippen molar-refractivity contribution < 1.29 is 4.79 Å². The maximum absolute atomic E-state index is 11.9. The summed E-state index contributed by atoms with van der Waals surface area (Å²) in [5.74, 6) is -0.0745. The van der Waals surface area contributed by atoms with E-state index in [4.69, 9.17) is 16.7 Å². The molecule has 0 fully saturated rings. The molecule has 0 aliphatic heterocycles. The van der Waals surface area contributed by atoms with Crippen LogP contribution in [0.4, 0.5) is 0 Å². The van der Waals surface area contributed by atoms with Gasteiger partial charge in [-0.05, 0) is 30.3 Å². The Labute approximate surface area is 152 Å². The molecule has 2 aromatic carbocycles. The van der Waals surface area contributed by atoms with Crippen molar-refractivity contribution >= 4 is 23.6 Å². The molecule has 0 unspecified atom stereocenters. The Balaban J connectivity index is 2.06. The molecule has 4 nitrogen and oxygen atoms in total. The van der Waals surface area contributed by atoms with Crippen molar-refractivity contribution in [1.29, 1.82) is 0 Å². The number of rotatable bonds is 4. The number of benzene rings is 2. The molecule has 1 heterocycles. The molecule has 0 radical (unpaired) electrons. The van der Waals surface area contributed by atoms with E-state index in [1.54, 1.807) is 26.2 Å². The van der Waals surface area contributed by atoms with Gasteiger partial charge in [0, 0.05) is 42.5 Å². The molecule has 1 aromatic heterocycles. The van der Waals surface area contributed by atoms with Crippen molar-refractivity contribution in [3.05, 3.63) is 77.5 Å². The van der Waals surface area contributed by atoms with Crippen LogP contribution >= 0.6 is 11.6 Å². The first-order valence-corrected chi connectivity index (χ1v) is 8.23. The normalized spacial score (nSPS) is 11.0. The number of likely N-dealkylation sites (N-methyl/N-ethyl adjacent to an activating group) is 1. The van der Waals surface area contributed by atoms with Crippen LogP contribution in [0.5, 0.6) is 0 Å². The van der Waals surface area contributed by atoms with E-state index in [2.05, 4.69) is 0 Å². The first-order valence-electron chi connectivity index (χ1n) is 7.85. The van der Waals surface area contributed by atoms with Gasteiger partial charge in [0.2, 0.25) is 5.91 Å². The minimum absolute atomic E-state index is 0.0745. The summed E-state index contributed by atoms with van der Waals surface area (Å²) in [6.07, 6.45) is 5.25. The van der Waals surface area contributed by atoms with Gasteiger partial charge < -0.3 is 4.90 Å². The minimum Gasteiger partial charge on any atom is -0.345 e.